The van der Waals surface area contributed by atoms with Crippen molar-refractivity contribution in [2.24, 2.45) is 5.92 Å². The highest BCUT2D eigenvalue weighted by atomic mass is 16.2. The predicted octanol–water partition coefficient (Wildman–Crippen LogP) is 1.73. The van der Waals surface area contributed by atoms with Crippen molar-refractivity contribution < 1.29 is 19.2 Å². The van der Waals surface area contributed by atoms with Crippen LogP contribution in [0.1, 0.15) is 81.6 Å². The zero-order valence-electron chi connectivity index (χ0n) is 20.0. The molecule has 8 heteroatoms. The summed E-state index contributed by atoms with van der Waals surface area (Å²) in [5.41, 5.74) is -1.57. The summed E-state index contributed by atoms with van der Waals surface area (Å²) in [6.07, 6.45) is 1.22. The average molecular weight is 425 g/mol. The largest absolute Gasteiger partial charge is 0.349 e. The van der Waals surface area contributed by atoms with Crippen LogP contribution in [-0.2, 0) is 19.2 Å². The number of likely N-dealkylation sites (tertiary alicyclic amines) is 1. The Labute approximate surface area is 180 Å². The molecule has 0 saturated carbocycles. The molecule has 4 amide bonds. The minimum Gasteiger partial charge on any atom is -0.349 e. The van der Waals surface area contributed by atoms with Crippen LogP contribution in [0.4, 0.5) is 0 Å². The molecule has 1 aliphatic rings. The van der Waals surface area contributed by atoms with Crippen LogP contribution in [0.5, 0.6) is 0 Å². The first-order valence-corrected chi connectivity index (χ1v) is 10.8. The Balaban J connectivity index is 3.06. The van der Waals surface area contributed by atoms with Crippen LogP contribution in [0.25, 0.3) is 0 Å². The van der Waals surface area contributed by atoms with Gasteiger partial charge in [-0.3, -0.25) is 19.2 Å². The first-order chi connectivity index (χ1) is 13.6. The molecule has 8 nitrogen and oxygen atoms in total. The Hall–Kier alpha value is -2.12. The van der Waals surface area contributed by atoms with Crippen molar-refractivity contribution in [3.63, 3.8) is 0 Å². The lowest BCUT2D eigenvalue weighted by Crippen LogP contribution is -2.62. The number of amides is 4. The van der Waals surface area contributed by atoms with Gasteiger partial charge in [0, 0.05) is 18.0 Å². The van der Waals surface area contributed by atoms with Gasteiger partial charge in [-0.1, -0.05) is 20.8 Å². The summed E-state index contributed by atoms with van der Waals surface area (Å²) < 4.78 is 0. The number of carbonyl (C=O) groups excluding carboxylic acids is 4. The van der Waals surface area contributed by atoms with E-state index < -0.39 is 23.2 Å². The molecule has 1 aliphatic heterocycles. The van der Waals surface area contributed by atoms with Gasteiger partial charge in [0.2, 0.25) is 23.6 Å². The van der Waals surface area contributed by atoms with Crippen molar-refractivity contribution in [2.75, 3.05) is 0 Å². The van der Waals surface area contributed by atoms with Crippen molar-refractivity contribution in [3.8, 4) is 0 Å². The summed E-state index contributed by atoms with van der Waals surface area (Å²) in [6, 6.07) is -1.52. The van der Waals surface area contributed by atoms with Gasteiger partial charge < -0.3 is 20.9 Å². The smallest absolute Gasteiger partial charge is 0.246 e. The Kier molecular flexibility index (Phi) is 8.46. The molecule has 1 heterocycles. The van der Waals surface area contributed by atoms with Crippen LogP contribution in [0.15, 0.2) is 0 Å². The minimum atomic E-state index is -1.14. The van der Waals surface area contributed by atoms with Crippen molar-refractivity contribution in [3.05, 3.63) is 0 Å². The molecule has 0 bridgehead atoms. The Morgan fingerprint density at radius 3 is 2.13 bits per heavy atom. The fourth-order valence-corrected chi connectivity index (χ4v) is 3.57. The molecule has 172 valence electrons. The summed E-state index contributed by atoms with van der Waals surface area (Å²) >= 11 is 0. The van der Waals surface area contributed by atoms with Gasteiger partial charge in [0.15, 0.2) is 0 Å². The van der Waals surface area contributed by atoms with E-state index >= 15 is 0 Å². The molecule has 0 aromatic rings. The zero-order chi connectivity index (χ0) is 23.4. The quantitative estimate of drug-likeness (QED) is 0.551. The molecule has 1 saturated heterocycles. The molecular weight excluding hydrogens is 384 g/mol. The number of hydrogen-bond donors (Lipinski definition) is 3. The fourth-order valence-electron chi connectivity index (χ4n) is 3.57. The lowest BCUT2D eigenvalue weighted by molar-refractivity contribution is -0.143. The maximum atomic E-state index is 13.3. The molecule has 3 N–H and O–H groups in total. The van der Waals surface area contributed by atoms with Gasteiger partial charge in [-0.15, -0.1) is 0 Å². The minimum absolute atomic E-state index is 0.163. The Bertz CT molecular complexity index is 667. The molecule has 0 radical (unpaired) electrons. The first-order valence-electron chi connectivity index (χ1n) is 10.8. The zero-order valence-corrected chi connectivity index (χ0v) is 20.0. The van der Waals surface area contributed by atoms with Gasteiger partial charge >= 0.3 is 0 Å². The summed E-state index contributed by atoms with van der Waals surface area (Å²) in [6.45, 7) is 16.5. The van der Waals surface area contributed by atoms with E-state index in [1.54, 1.807) is 25.7 Å². The van der Waals surface area contributed by atoms with Gasteiger partial charge in [0.05, 0.1) is 0 Å². The van der Waals surface area contributed by atoms with Gasteiger partial charge in [-0.25, -0.2) is 0 Å². The Morgan fingerprint density at radius 1 is 1.10 bits per heavy atom. The fraction of sp³-hybridized carbons (Fsp3) is 0.818. The maximum absolute atomic E-state index is 13.3. The average Bonchev–Trinajstić information content (AvgIpc) is 2.84. The van der Waals surface area contributed by atoms with E-state index in [0.29, 0.717) is 19.3 Å². The van der Waals surface area contributed by atoms with Crippen LogP contribution in [0.2, 0.25) is 0 Å². The van der Waals surface area contributed by atoms with Crippen LogP contribution in [0.3, 0.4) is 0 Å². The lowest BCUT2D eigenvalue weighted by atomic mass is 9.97. The van der Waals surface area contributed by atoms with Gasteiger partial charge in [0.1, 0.15) is 17.6 Å². The number of hydrogen-bond acceptors (Lipinski definition) is 4. The molecule has 3 atom stereocenters. The Morgan fingerprint density at radius 2 is 1.67 bits per heavy atom. The van der Waals surface area contributed by atoms with Crippen LogP contribution in [-0.4, -0.2) is 57.7 Å². The number of nitrogens with zero attached hydrogens (tertiary/aromatic N) is 1. The van der Waals surface area contributed by atoms with E-state index in [4.69, 9.17) is 0 Å². The van der Waals surface area contributed by atoms with E-state index in [1.165, 1.54) is 0 Å². The standard InChI is InChI=1S/C22H40N4O4/c1-10-17(27)23-15-12-14(4)26(19(15)29)16(11-13(2)3)18(28)24-22(8,9)20(30)25-21(5,6)7/h13-16H,10-12H2,1-9H3,(H,23,27)(H,24,28)(H,25,30). The third-order valence-corrected chi connectivity index (χ3v) is 5.09. The maximum Gasteiger partial charge on any atom is 0.246 e. The van der Waals surface area contributed by atoms with E-state index in [2.05, 4.69) is 16.0 Å². The van der Waals surface area contributed by atoms with Gasteiger partial charge in [-0.2, -0.15) is 0 Å². The van der Waals surface area contributed by atoms with Crippen molar-refractivity contribution in [1.29, 1.82) is 0 Å². The van der Waals surface area contributed by atoms with Crippen molar-refractivity contribution in [1.82, 2.24) is 20.9 Å². The normalized spacial score (nSPS) is 20.9. The molecule has 0 aliphatic carbocycles. The highest BCUT2D eigenvalue weighted by Crippen LogP contribution is 2.26. The summed E-state index contributed by atoms with van der Waals surface area (Å²) in [5.74, 6) is -0.924. The molecule has 0 aromatic carbocycles. The second-order valence-corrected chi connectivity index (χ2v) is 10.3. The molecule has 1 fully saturated rings. The van der Waals surface area contributed by atoms with Crippen LogP contribution >= 0.6 is 0 Å². The summed E-state index contributed by atoms with van der Waals surface area (Å²) in [5, 5.41) is 8.47. The van der Waals surface area contributed by atoms with Crippen LogP contribution < -0.4 is 16.0 Å². The van der Waals surface area contributed by atoms with E-state index in [0.717, 1.165) is 0 Å². The molecule has 0 spiro atoms. The monoisotopic (exact) mass is 424 g/mol. The molecule has 30 heavy (non-hydrogen) atoms. The molecule has 0 aromatic heterocycles. The number of nitrogens with one attached hydrogen (secondary N) is 3. The van der Waals surface area contributed by atoms with Crippen molar-refractivity contribution >= 4 is 23.6 Å². The molecular formula is C22H40N4O4. The third kappa shape index (κ3) is 6.99. The van der Waals surface area contributed by atoms with Gasteiger partial charge in [-0.05, 0) is 60.3 Å². The van der Waals surface area contributed by atoms with Crippen molar-refractivity contribution in [2.45, 2.75) is 111 Å². The second-order valence-electron chi connectivity index (χ2n) is 10.3. The van der Waals surface area contributed by atoms with E-state index in [-0.39, 0.29) is 35.6 Å². The van der Waals surface area contributed by atoms with Gasteiger partial charge in [0.25, 0.3) is 0 Å². The molecule has 1 rings (SSSR count). The topological polar surface area (TPSA) is 108 Å². The lowest BCUT2D eigenvalue weighted by Gasteiger charge is -2.36. The summed E-state index contributed by atoms with van der Waals surface area (Å²) in [7, 11) is 0. The SMILES string of the molecule is CCC(=O)NC1CC(C)N(C(CC(C)C)C(=O)NC(C)(C)C(=O)NC(C)(C)C)C1=O. The highest BCUT2D eigenvalue weighted by Gasteiger charge is 2.45. The number of carbonyl (C=O) groups is 4. The molecule has 3 unspecified atom stereocenters. The third-order valence-electron chi connectivity index (χ3n) is 5.09. The number of rotatable bonds is 8. The second kappa shape index (κ2) is 9.79. The summed E-state index contributed by atoms with van der Waals surface area (Å²) in [4.78, 5) is 52.3. The van der Waals surface area contributed by atoms with Crippen LogP contribution in [0, 0.1) is 5.92 Å². The predicted molar refractivity (Wildman–Crippen MR) is 117 cm³/mol. The highest BCUT2D eigenvalue weighted by molar-refractivity contribution is 5.96. The van der Waals surface area contributed by atoms with E-state index in [9.17, 15) is 19.2 Å². The van der Waals surface area contributed by atoms with E-state index in [1.807, 2.05) is 41.5 Å². The first kappa shape index (κ1) is 25.9.